The van der Waals surface area contributed by atoms with E-state index in [1.54, 1.807) is 29.2 Å². The molecular formula is C20H22N2O2. The number of benzene rings is 2. The first-order chi connectivity index (χ1) is 11.6. The molecule has 4 heteroatoms. The number of carbonyl (C=O) groups excluding carboxylic acids is 2. The first-order valence-corrected chi connectivity index (χ1v) is 8.33. The molecule has 0 spiro atoms. The molecule has 0 radical (unpaired) electrons. The quantitative estimate of drug-likeness (QED) is 0.880. The Morgan fingerprint density at radius 3 is 2.25 bits per heavy atom. The highest BCUT2D eigenvalue weighted by Crippen LogP contribution is 2.27. The number of carbonyl (C=O) groups is 2. The van der Waals surface area contributed by atoms with Crippen LogP contribution in [-0.4, -0.2) is 35.7 Å². The Labute approximate surface area is 142 Å². The van der Waals surface area contributed by atoms with Crippen LogP contribution in [0.2, 0.25) is 0 Å². The normalized spacial score (nSPS) is 20.2. The van der Waals surface area contributed by atoms with Gasteiger partial charge in [-0.1, -0.05) is 49.4 Å². The van der Waals surface area contributed by atoms with Gasteiger partial charge in [-0.3, -0.25) is 9.59 Å². The summed E-state index contributed by atoms with van der Waals surface area (Å²) in [6.45, 7) is 3.00. The molecule has 24 heavy (non-hydrogen) atoms. The predicted molar refractivity (Wildman–Crippen MR) is 94.1 cm³/mol. The number of Topliss-reactive ketones (excluding diaryl/α,β-unsaturated/α-hetero) is 1. The average Bonchev–Trinajstić information content (AvgIpc) is 3.03. The maximum Gasteiger partial charge on any atom is 0.253 e. The van der Waals surface area contributed by atoms with Crippen LogP contribution in [0.3, 0.4) is 0 Å². The molecule has 124 valence electrons. The zero-order chi connectivity index (χ0) is 17.1. The Kier molecular flexibility index (Phi) is 4.76. The zero-order valence-corrected chi connectivity index (χ0v) is 13.8. The van der Waals surface area contributed by atoms with Crippen LogP contribution in [0.4, 0.5) is 0 Å². The van der Waals surface area contributed by atoms with Crippen molar-refractivity contribution in [3.63, 3.8) is 0 Å². The van der Waals surface area contributed by atoms with Crippen LogP contribution in [0.25, 0.3) is 0 Å². The molecule has 2 atom stereocenters. The number of rotatable bonds is 4. The SMILES string of the molecule is CCC(=O)c1ccc(C(=O)N2C[C@@H](N)[C@H](c3ccccc3)C2)cc1. The van der Waals surface area contributed by atoms with Crippen molar-refractivity contribution in [2.45, 2.75) is 25.3 Å². The van der Waals surface area contributed by atoms with Gasteiger partial charge in [0.25, 0.3) is 5.91 Å². The summed E-state index contributed by atoms with van der Waals surface area (Å²) in [5.41, 5.74) is 8.68. The third kappa shape index (κ3) is 3.24. The van der Waals surface area contributed by atoms with E-state index in [2.05, 4.69) is 12.1 Å². The topological polar surface area (TPSA) is 63.4 Å². The molecule has 4 nitrogen and oxygen atoms in total. The lowest BCUT2D eigenvalue weighted by Crippen LogP contribution is -2.32. The lowest BCUT2D eigenvalue weighted by atomic mass is 9.95. The maximum absolute atomic E-state index is 12.7. The summed E-state index contributed by atoms with van der Waals surface area (Å²) in [4.78, 5) is 26.2. The van der Waals surface area contributed by atoms with E-state index in [1.165, 1.54) is 5.56 Å². The number of hydrogen-bond acceptors (Lipinski definition) is 3. The molecule has 2 aromatic rings. The summed E-state index contributed by atoms with van der Waals surface area (Å²) in [5, 5.41) is 0. The van der Waals surface area contributed by atoms with Crippen molar-refractivity contribution < 1.29 is 9.59 Å². The minimum absolute atomic E-state index is 0.0284. The lowest BCUT2D eigenvalue weighted by Gasteiger charge is -2.16. The van der Waals surface area contributed by atoms with Crippen molar-refractivity contribution in [2.75, 3.05) is 13.1 Å². The zero-order valence-electron chi connectivity index (χ0n) is 13.8. The summed E-state index contributed by atoms with van der Waals surface area (Å²) in [6.07, 6.45) is 0.465. The molecule has 3 rings (SSSR count). The van der Waals surface area contributed by atoms with Crippen molar-refractivity contribution in [2.24, 2.45) is 5.73 Å². The van der Waals surface area contributed by atoms with E-state index < -0.39 is 0 Å². The van der Waals surface area contributed by atoms with E-state index >= 15 is 0 Å². The van der Waals surface area contributed by atoms with E-state index in [-0.39, 0.29) is 23.7 Å². The molecule has 1 fully saturated rings. The van der Waals surface area contributed by atoms with Gasteiger partial charge in [-0.15, -0.1) is 0 Å². The van der Waals surface area contributed by atoms with Crippen molar-refractivity contribution in [1.29, 1.82) is 0 Å². The molecule has 1 aliphatic heterocycles. The summed E-state index contributed by atoms with van der Waals surface area (Å²) in [6, 6.07) is 16.9. The van der Waals surface area contributed by atoms with E-state index in [9.17, 15) is 9.59 Å². The molecule has 1 saturated heterocycles. The molecule has 0 saturated carbocycles. The van der Waals surface area contributed by atoms with Gasteiger partial charge >= 0.3 is 0 Å². The largest absolute Gasteiger partial charge is 0.336 e. The molecule has 0 aliphatic carbocycles. The highest BCUT2D eigenvalue weighted by molar-refractivity contribution is 5.98. The summed E-state index contributed by atoms with van der Waals surface area (Å²) in [7, 11) is 0. The van der Waals surface area contributed by atoms with Gasteiger partial charge in [0.05, 0.1) is 0 Å². The van der Waals surface area contributed by atoms with E-state index in [1.807, 2.05) is 25.1 Å². The van der Waals surface area contributed by atoms with Gasteiger partial charge in [-0.2, -0.15) is 0 Å². The van der Waals surface area contributed by atoms with E-state index in [0.29, 0.717) is 30.6 Å². The maximum atomic E-state index is 12.7. The number of hydrogen-bond donors (Lipinski definition) is 1. The standard InChI is InChI=1S/C20H22N2O2/c1-2-19(23)15-8-10-16(11-9-15)20(24)22-12-17(18(21)13-22)14-6-4-3-5-7-14/h3-11,17-18H,2,12-13,21H2,1H3/t17-,18+/m0/s1. The second-order valence-electron chi connectivity index (χ2n) is 6.25. The third-order valence-electron chi connectivity index (χ3n) is 4.65. The fourth-order valence-corrected chi connectivity index (χ4v) is 3.23. The van der Waals surface area contributed by atoms with Crippen molar-refractivity contribution in [3.8, 4) is 0 Å². The van der Waals surface area contributed by atoms with E-state index in [0.717, 1.165) is 0 Å². The van der Waals surface area contributed by atoms with Gasteiger partial charge in [-0.05, 0) is 17.7 Å². The van der Waals surface area contributed by atoms with Gasteiger partial charge in [0.15, 0.2) is 5.78 Å². The van der Waals surface area contributed by atoms with Crippen LogP contribution in [0.1, 0.15) is 45.5 Å². The first kappa shape index (κ1) is 16.4. The first-order valence-electron chi connectivity index (χ1n) is 8.33. The lowest BCUT2D eigenvalue weighted by molar-refractivity contribution is 0.0788. The minimum Gasteiger partial charge on any atom is -0.336 e. The number of likely N-dealkylation sites (tertiary alicyclic amines) is 1. The highest BCUT2D eigenvalue weighted by atomic mass is 16.2. The van der Waals surface area contributed by atoms with Crippen molar-refractivity contribution in [3.05, 3.63) is 71.3 Å². The Bertz CT molecular complexity index is 725. The van der Waals surface area contributed by atoms with Gasteiger partial charge in [0.1, 0.15) is 0 Å². The van der Waals surface area contributed by atoms with Gasteiger partial charge in [-0.25, -0.2) is 0 Å². The summed E-state index contributed by atoms with van der Waals surface area (Å²) < 4.78 is 0. The van der Waals surface area contributed by atoms with Crippen LogP contribution in [0.5, 0.6) is 0 Å². The molecule has 0 bridgehead atoms. The Morgan fingerprint density at radius 2 is 1.62 bits per heavy atom. The smallest absolute Gasteiger partial charge is 0.253 e. The van der Waals surface area contributed by atoms with Crippen LogP contribution < -0.4 is 5.73 Å². The average molecular weight is 322 g/mol. The monoisotopic (exact) mass is 322 g/mol. The minimum atomic E-state index is -0.0581. The van der Waals surface area contributed by atoms with Crippen LogP contribution in [0.15, 0.2) is 54.6 Å². The van der Waals surface area contributed by atoms with Gasteiger partial charge in [0.2, 0.25) is 0 Å². The molecule has 2 N–H and O–H groups in total. The number of nitrogens with zero attached hydrogens (tertiary/aromatic N) is 1. The van der Waals surface area contributed by atoms with Crippen molar-refractivity contribution in [1.82, 2.24) is 4.90 Å². The number of nitrogens with two attached hydrogens (primary N) is 1. The molecule has 0 unspecified atom stereocenters. The fourth-order valence-electron chi connectivity index (χ4n) is 3.23. The molecule has 1 aliphatic rings. The molecule has 1 amide bonds. The Hall–Kier alpha value is -2.46. The number of amides is 1. The highest BCUT2D eigenvalue weighted by Gasteiger charge is 2.34. The predicted octanol–water partition coefficient (Wildman–Crippen LogP) is 2.85. The van der Waals surface area contributed by atoms with Gasteiger partial charge in [0, 0.05) is 42.6 Å². The number of ketones is 1. The third-order valence-corrected chi connectivity index (χ3v) is 4.65. The van der Waals surface area contributed by atoms with Crippen molar-refractivity contribution >= 4 is 11.7 Å². The van der Waals surface area contributed by atoms with Gasteiger partial charge < -0.3 is 10.6 Å². The molecule has 2 aromatic carbocycles. The molecular weight excluding hydrogens is 300 g/mol. The van der Waals surface area contributed by atoms with Crippen LogP contribution in [-0.2, 0) is 0 Å². The van der Waals surface area contributed by atoms with E-state index in [4.69, 9.17) is 5.73 Å². The fraction of sp³-hybridized carbons (Fsp3) is 0.300. The van der Waals surface area contributed by atoms with Crippen LogP contribution >= 0.6 is 0 Å². The molecule has 1 heterocycles. The summed E-state index contributed by atoms with van der Waals surface area (Å²) in [5.74, 6) is 0.219. The second-order valence-corrected chi connectivity index (χ2v) is 6.25. The Morgan fingerprint density at radius 1 is 1.00 bits per heavy atom. The molecule has 0 aromatic heterocycles. The Balaban J connectivity index is 1.73. The van der Waals surface area contributed by atoms with Crippen LogP contribution in [0, 0.1) is 0 Å². The second kappa shape index (κ2) is 6.97. The summed E-state index contributed by atoms with van der Waals surface area (Å²) >= 11 is 0.